The Morgan fingerprint density at radius 1 is 1.11 bits per heavy atom. The molecular formula is C25H23ClFN5O3. The van der Waals surface area contributed by atoms with Crippen LogP contribution in [0.15, 0.2) is 53.7 Å². The van der Waals surface area contributed by atoms with E-state index in [1.165, 1.54) is 22.9 Å². The highest BCUT2D eigenvalue weighted by Gasteiger charge is 2.21. The first-order valence-electron chi connectivity index (χ1n) is 10.7. The summed E-state index contributed by atoms with van der Waals surface area (Å²) in [7, 11) is 0. The zero-order chi connectivity index (χ0) is 25.3. The average molecular weight is 496 g/mol. The molecule has 0 aliphatic heterocycles. The van der Waals surface area contributed by atoms with Gasteiger partial charge in [0.05, 0.1) is 17.1 Å². The molecular weight excluding hydrogens is 473 g/mol. The monoisotopic (exact) mass is 495 g/mol. The van der Waals surface area contributed by atoms with E-state index in [1.807, 2.05) is 6.92 Å². The lowest BCUT2D eigenvalue weighted by molar-refractivity contribution is 0.0688. The van der Waals surface area contributed by atoms with Gasteiger partial charge in [-0.25, -0.2) is 14.4 Å². The molecule has 0 saturated heterocycles. The molecule has 0 aliphatic rings. The molecule has 4 rings (SSSR count). The Morgan fingerprint density at radius 3 is 2.60 bits per heavy atom. The van der Waals surface area contributed by atoms with Crippen molar-refractivity contribution >= 4 is 11.6 Å². The fraction of sp³-hybridized carbons (Fsp3) is 0.240. The molecule has 10 heteroatoms. The Kier molecular flexibility index (Phi) is 6.64. The predicted molar refractivity (Wildman–Crippen MR) is 129 cm³/mol. The van der Waals surface area contributed by atoms with Crippen LogP contribution in [0.2, 0.25) is 5.02 Å². The van der Waals surface area contributed by atoms with Crippen molar-refractivity contribution in [3.8, 4) is 22.8 Å². The molecule has 0 spiro atoms. The molecule has 0 bridgehead atoms. The van der Waals surface area contributed by atoms with E-state index in [0.717, 1.165) is 5.56 Å². The number of hydrogen-bond donors (Lipinski definition) is 1. The third-order valence-electron chi connectivity index (χ3n) is 5.28. The molecule has 0 amide bonds. The Hall–Kier alpha value is -3.69. The average Bonchev–Trinajstić information content (AvgIpc) is 2.82. The van der Waals surface area contributed by atoms with E-state index in [9.17, 15) is 14.3 Å². The van der Waals surface area contributed by atoms with E-state index in [1.54, 1.807) is 51.4 Å². The first-order chi connectivity index (χ1) is 16.6. The van der Waals surface area contributed by atoms with Gasteiger partial charge in [0.1, 0.15) is 34.5 Å². The fourth-order valence-electron chi connectivity index (χ4n) is 3.45. The molecule has 35 heavy (non-hydrogen) atoms. The van der Waals surface area contributed by atoms with Gasteiger partial charge in [-0.2, -0.15) is 0 Å². The maximum Gasteiger partial charge on any atom is 0.277 e. The molecule has 4 aromatic rings. The van der Waals surface area contributed by atoms with Crippen molar-refractivity contribution in [3.63, 3.8) is 0 Å². The summed E-state index contributed by atoms with van der Waals surface area (Å²) in [6.07, 6.45) is 4.63. The van der Waals surface area contributed by atoms with Gasteiger partial charge in [-0.15, -0.1) is 0 Å². The topological polar surface area (TPSA) is 103 Å². The number of aliphatic hydroxyl groups is 1. The molecule has 0 aromatic carbocycles. The lowest BCUT2D eigenvalue weighted by Gasteiger charge is -2.17. The predicted octanol–water partition coefficient (Wildman–Crippen LogP) is 4.30. The maximum absolute atomic E-state index is 13.9. The van der Waals surface area contributed by atoms with E-state index in [2.05, 4.69) is 19.9 Å². The van der Waals surface area contributed by atoms with Crippen LogP contribution in [0.4, 0.5) is 4.39 Å². The van der Waals surface area contributed by atoms with Gasteiger partial charge in [0.25, 0.3) is 5.56 Å². The summed E-state index contributed by atoms with van der Waals surface area (Å²) in [5, 5.41) is 10.1. The van der Waals surface area contributed by atoms with Gasteiger partial charge < -0.3 is 9.84 Å². The van der Waals surface area contributed by atoms with Crippen molar-refractivity contribution in [3.05, 3.63) is 92.9 Å². The Bertz CT molecular complexity index is 1470. The van der Waals surface area contributed by atoms with Crippen LogP contribution in [0, 0.1) is 19.7 Å². The summed E-state index contributed by atoms with van der Waals surface area (Å²) in [4.78, 5) is 30.2. The second-order valence-corrected chi connectivity index (χ2v) is 8.88. The molecule has 0 atom stereocenters. The van der Waals surface area contributed by atoms with Gasteiger partial charge in [-0.1, -0.05) is 11.6 Å². The van der Waals surface area contributed by atoms with Crippen molar-refractivity contribution < 1.29 is 14.2 Å². The number of aryl methyl sites for hydroxylation is 2. The number of nitrogens with zero attached hydrogens (tertiary/aromatic N) is 5. The molecule has 0 saturated carbocycles. The number of hydrogen-bond acceptors (Lipinski definition) is 7. The number of rotatable bonds is 6. The standard InChI is InChI=1S/C25H23ClFN5O3/c1-14-12-30-18(17-7-9-29-24(31-17)25(3,4)34)11-20(14)32-15(2)10-21(22(26)23(32)33)35-13-19-16(27)6-5-8-28-19/h5-12,34H,13H2,1-4H3. The minimum Gasteiger partial charge on any atom is -0.485 e. The zero-order valence-corrected chi connectivity index (χ0v) is 20.3. The summed E-state index contributed by atoms with van der Waals surface area (Å²) < 4.78 is 21.0. The minimum absolute atomic E-state index is 0.107. The molecule has 4 aromatic heterocycles. The minimum atomic E-state index is -1.22. The number of ether oxygens (including phenoxy) is 1. The first kappa shape index (κ1) is 24.4. The summed E-state index contributed by atoms with van der Waals surface area (Å²) in [5.41, 5.74) is 1.22. The summed E-state index contributed by atoms with van der Waals surface area (Å²) in [5.74, 6) is -0.125. The van der Waals surface area contributed by atoms with Crippen molar-refractivity contribution in [2.24, 2.45) is 0 Å². The van der Waals surface area contributed by atoms with E-state index >= 15 is 0 Å². The summed E-state index contributed by atoms with van der Waals surface area (Å²) >= 11 is 6.37. The third kappa shape index (κ3) is 5.06. The zero-order valence-electron chi connectivity index (χ0n) is 19.6. The van der Waals surface area contributed by atoms with Crippen LogP contribution in [-0.2, 0) is 12.2 Å². The lowest BCUT2D eigenvalue weighted by Crippen LogP contribution is -2.23. The van der Waals surface area contributed by atoms with Gasteiger partial charge in [0.2, 0.25) is 0 Å². The van der Waals surface area contributed by atoms with E-state index in [4.69, 9.17) is 16.3 Å². The number of halogens is 2. The molecule has 0 radical (unpaired) electrons. The highest BCUT2D eigenvalue weighted by atomic mass is 35.5. The summed E-state index contributed by atoms with van der Waals surface area (Å²) in [6.45, 7) is 6.57. The van der Waals surface area contributed by atoms with Crippen molar-refractivity contribution in [1.29, 1.82) is 0 Å². The van der Waals surface area contributed by atoms with Crippen molar-refractivity contribution in [2.75, 3.05) is 0 Å². The van der Waals surface area contributed by atoms with E-state index < -0.39 is 17.0 Å². The molecule has 4 heterocycles. The van der Waals surface area contributed by atoms with Crippen LogP contribution >= 0.6 is 11.6 Å². The van der Waals surface area contributed by atoms with Crippen LogP contribution in [0.25, 0.3) is 17.1 Å². The second kappa shape index (κ2) is 9.52. The molecule has 0 aliphatic carbocycles. The van der Waals surface area contributed by atoms with Gasteiger partial charge in [0, 0.05) is 30.4 Å². The molecule has 180 valence electrons. The first-order valence-corrected chi connectivity index (χ1v) is 11.1. The van der Waals surface area contributed by atoms with Crippen molar-refractivity contribution in [1.82, 2.24) is 24.5 Å². The van der Waals surface area contributed by atoms with Crippen LogP contribution in [0.3, 0.4) is 0 Å². The quantitative estimate of drug-likeness (QED) is 0.425. The van der Waals surface area contributed by atoms with Gasteiger partial charge in [-0.05, 0) is 57.5 Å². The van der Waals surface area contributed by atoms with Gasteiger partial charge >= 0.3 is 0 Å². The fourth-order valence-corrected chi connectivity index (χ4v) is 3.64. The maximum atomic E-state index is 13.9. The largest absolute Gasteiger partial charge is 0.485 e. The van der Waals surface area contributed by atoms with E-state index in [-0.39, 0.29) is 28.9 Å². The molecule has 0 fully saturated rings. The van der Waals surface area contributed by atoms with E-state index in [0.29, 0.717) is 22.8 Å². The molecule has 1 N–H and O–H groups in total. The lowest BCUT2D eigenvalue weighted by atomic mass is 10.1. The highest BCUT2D eigenvalue weighted by Crippen LogP contribution is 2.27. The highest BCUT2D eigenvalue weighted by molar-refractivity contribution is 6.31. The number of aromatic nitrogens is 5. The third-order valence-corrected chi connectivity index (χ3v) is 5.63. The summed E-state index contributed by atoms with van der Waals surface area (Å²) in [6, 6.07) is 7.77. The van der Waals surface area contributed by atoms with Gasteiger partial charge in [0.15, 0.2) is 5.82 Å². The smallest absolute Gasteiger partial charge is 0.277 e. The van der Waals surface area contributed by atoms with Crippen LogP contribution < -0.4 is 10.3 Å². The number of pyridine rings is 3. The Labute approximate surface area is 206 Å². The SMILES string of the molecule is Cc1cnc(-c2ccnc(C(C)(C)O)n2)cc1-n1c(C)cc(OCc2ncccc2F)c(Cl)c1=O. The Balaban J connectivity index is 1.73. The van der Waals surface area contributed by atoms with Crippen LogP contribution in [-0.4, -0.2) is 29.6 Å². The molecule has 8 nitrogen and oxygen atoms in total. The van der Waals surface area contributed by atoms with Crippen LogP contribution in [0.1, 0.15) is 36.6 Å². The normalized spacial score (nSPS) is 11.5. The molecule has 0 unspecified atom stereocenters. The second-order valence-electron chi connectivity index (χ2n) is 8.51. The van der Waals surface area contributed by atoms with Gasteiger partial charge in [-0.3, -0.25) is 19.3 Å². The van der Waals surface area contributed by atoms with Crippen LogP contribution in [0.5, 0.6) is 5.75 Å². The van der Waals surface area contributed by atoms with Crippen molar-refractivity contribution in [2.45, 2.75) is 39.9 Å². The Morgan fingerprint density at radius 2 is 1.89 bits per heavy atom.